The van der Waals surface area contributed by atoms with Crippen molar-refractivity contribution >= 4 is 23.1 Å². The molecule has 1 N–H and O–H groups in total. The van der Waals surface area contributed by atoms with Crippen LogP contribution in [-0.4, -0.2) is 17.2 Å². The third-order valence-electron chi connectivity index (χ3n) is 2.76. The number of nitro benzene ring substituents is 1. The van der Waals surface area contributed by atoms with Crippen LogP contribution in [0.4, 0.5) is 11.4 Å². The molecule has 0 unspecified atom stereocenters. The van der Waals surface area contributed by atoms with Crippen LogP contribution >= 0.6 is 11.8 Å². The largest absolute Gasteiger partial charge is 0.383 e. The van der Waals surface area contributed by atoms with E-state index in [0.29, 0.717) is 12.2 Å². The summed E-state index contributed by atoms with van der Waals surface area (Å²) in [6.45, 7) is 0.673. The number of nitrogens with one attached hydrogen (secondary N) is 1. The second-order valence-electron chi connectivity index (χ2n) is 4.19. The summed E-state index contributed by atoms with van der Waals surface area (Å²) in [6, 6.07) is 16.3. The van der Waals surface area contributed by atoms with Crippen LogP contribution in [0.1, 0.15) is 5.56 Å². The Hall–Kier alpha value is -2.52. The van der Waals surface area contributed by atoms with Gasteiger partial charge in [-0.05, 0) is 18.2 Å². The minimum Gasteiger partial charge on any atom is -0.383 e. The number of hydrogen-bond acceptors (Lipinski definition) is 5. The Balaban J connectivity index is 1.91. The number of nitriles is 1. The molecule has 0 heterocycles. The van der Waals surface area contributed by atoms with Crippen molar-refractivity contribution in [3.8, 4) is 6.07 Å². The maximum atomic E-state index is 10.7. The van der Waals surface area contributed by atoms with Crippen molar-refractivity contribution in [2.45, 2.75) is 4.90 Å². The van der Waals surface area contributed by atoms with Crippen molar-refractivity contribution in [1.29, 1.82) is 5.26 Å². The van der Waals surface area contributed by atoms with Crippen molar-refractivity contribution in [1.82, 2.24) is 0 Å². The molecular weight excluding hydrogens is 286 g/mol. The van der Waals surface area contributed by atoms with Crippen molar-refractivity contribution in [3.63, 3.8) is 0 Å². The monoisotopic (exact) mass is 299 g/mol. The summed E-state index contributed by atoms with van der Waals surface area (Å²) in [4.78, 5) is 11.3. The summed E-state index contributed by atoms with van der Waals surface area (Å²) in [5.41, 5.74) is 0.835. The summed E-state index contributed by atoms with van der Waals surface area (Å²) in [7, 11) is 0. The first-order valence-corrected chi connectivity index (χ1v) is 7.29. The molecule has 0 atom stereocenters. The Bertz CT molecular complexity index is 668. The van der Waals surface area contributed by atoms with Gasteiger partial charge in [-0.25, -0.2) is 0 Å². The van der Waals surface area contributed by atoms with Gasteiger partial charge >= 0.3 is 0 Å². The average Bonchev–Trinajstić information content (AvgIpc) is 2.52. The fourth-order valence-electron chi connectivity index (χ4n) is 1.76. The Morgan fingerprint density at radius 2 is 2.00 bits per heavy atom. The topological polar surface area (TPSA) is 79.0 Å². The van der Waals surface area contributed by atoms with Gasteiger partial charge in [-0.1, -0.05) is 18.2 Å². The van der Waals surface area contributed by atoms with Gasteiger partial charge in [0, 0.05) is 29.3 Å². The highest BCUT2D eigenvalue weighted by Crippen LogP contribution is 2.22. The molecular formula is C15H13N3O2S. The molecule has 0 aliphatic heterocycles. The fraction of sp³-hybridized carbons (Fsp3) is 0.133. The second-order valence-corrected chi connectivity index (χ2v) is 5.36. The summed E-state index contributed by atoms with van der Waals surface area (Å²) < 4.78 is 0. The zero-order valence-electron chi connectivity index (χ0n) is 11.2. The molecule has 5 nitrogen and oxygen atoms in total. The minimum absolute atomic E-state index is 0.0734. The second kappa shape index (κ2) is 7.31. The number of nitrogens with zero attached hydrogens (tertiary/aromatic N) is 2. The van der Waals surface area contributed by atoms with Crippen LogP contribution in [0.25, 0.3) is 0 Å². The van der Waals surface area contributed by atoms with E-state index in [9.17, 15) is 10.1 Å². The van der Waals surface area contributed by atoms with E-state index < -0.39 is 4.92 Å². The van der Waals surface area contributed by atoms with Gasteiger partial charge in [0.15, 0.2) is 0 Å². The van der Waals surface area contributed by atoms with Crippen LogP contribution < -0.4 is 5.32 Å². The van der Waals surface area contributed by atoms with E-state index >= 15 is 0 Å². The quantitative estimate of drug-likeness (QED) is 0.381. The van der Waals surface area contributed by atoms with Gasteiger partial charge in [0.1, 0.15) is 6.07 Å². The molecule has 2 rings (SSSR count). The molecule has 0 amide bonds. The van der Waals surface area contributed by atoms with E-state index in [2.05, 4.69) is 5.32 Å². The lowest BCUT2D eigenvalue weighted by molar-refractivity contribution is -0.384. The van der Waals surface area contributed by atoms with Crippen LogP contribution in [0.3, 0.4) is 0 Å². The summed E-state index contributed by atoms with van der Waals surface area (Å²) in [5.74, 6) is 0.839. The Kier molecular flexibility index (Phi) is 5.18. The summed E-state index contributed by atoms with van der Waals surface area (Å²) >= 11 is 1.71. The lowest BCUT2D eigenvalue weighted by Crippen LogP contribution is -2.05. The highest BCUT2D eigenvalue weighted by Gasteiger charge is 2.10. The molecule has 0 radical (unpaired) electrons. The molecule has 106 valence electrons. The standard InChI is InChI=1S/C15H13N3O2S/c16-11-12-10-13(18(19)20)6-7-15(12)17-8-9-21-14-4-2-1-3-5-14/h1-7,10,17H,8-9H2. The average molecular weight is 299 g/mol. The first-order valence-electron chi connectivity index (χ1n) is 6.31. The molecule has 0 aliphatic rings. The van der Waals surface area contributed by atoms with Gasteiger partial charge in [0.25, 0.3) is 5.69 Å². The fourth-order valence-corrected chi connectivity index (χ4v) is 2.55. The molecule has 2 aromatic carbocycles. The van der Waals surface area contributed by atoms with Gasteiger partial charge in [-0.15, -0.1) is 11.8 Å². The van der Waals surface area contributed by atoms with Crippen molar-refractivity contribution in [2.24, 2.45) is 0 Å². The molecule has 0 aromatic heterocycles. The van der Waals surface area contributed by atoms with E-state index in [4.69, 9.17) is 5.26 Å². The predicted octanol–water partition coefficient (Wildman–Crippen LogP) is 3.67. The third kappa shape index (κ3) is 4.23. The SMILES string of the molecule is N#Cc1cc([N+](=O)[O-])ccc1NCCSc1ccccc1. The third-order valence-corrected chi connectivity index (χ3v) is 3.78. The van der Waals surface area contributed by atoms with E-state index in [0.717, 1.165) is 5.75 Å². The number of anilines is 1. The summed E-state index contributed by atoms with van der Waals surface area (Å²) in [6.07, 6.45) is 0. The molecule has 0 aliphatic carbocycles. The van der Waals surface area contributed by atoms with E-state index in [1.54, 1.807) is 17.8 Å². The lowest BCUT2D eigenvalue weighted by atomic mass is 10.1. The molecule has 21 heavy (non-hydrogen) atoms. The highest BCUT2D eigenvalue weighted by molar-refractivity contribution is 7.99. The number of non-ortho nitro benzene ring substituents is 1. The highest BCUT2D eigenvalue weighted by atomic mass is 32.2. The van der Waals surface area contributed by atoms with Crippen molar-refractivity contribution in [3.05, 3.63) is 64.2 Å². The van der Waals surface area contributed by atoms with Crippen LogP contribution in [0.15, 0.2) is 53.4 Å². The summed E-state index contributed by atoms with van der Waals surface area (Å²) in [5, 5.41) is 22.8. The maximum absolute atomic E-state index is 10.7. The van der Waals surface area contributed by atoms with Gasteiger partial charge in [0.05, 0.1) is 16.2 Å². The lowest BCUT2D eigenvalue weighted by Gasteiger charge is -2.08. The molecule has 0 saturated heterocycles. The van der Waals surface area contributed by atoms with Crippen LogP contribution in [0.2, 0.25) is 0 Å². The molecule has 0 fully saturated rings. The van der Waals surface area contributed by atoms with E-state index in [1.807, 2.05) is 36.4 Å². The number of hydrogen-bond donors (Lipinski definition) is 1. The Morgan fingerprint density at radius 3 is 2.67 bits per heavy atom. The van der Waals surface area contributed by atoms with E-state index in [-0.39, 0.29) is 11.3 Å². The first kappa shape index (κ1) is 14.9. The zero-order valence-corrected chi connectivity index (χ0v) is 12.0. The van der Waals surface area contributed by atoms with Crippen LogP contribution in [0.5, 0.6) is 0 Å². The van der Waals surface area contributed by atoms with Gasteiger partial charge in [0.2, 0.25) is 0 Å². The number of thioether (sulfide) groups is 1. The molecule has 0 saturated carbocycles. The zero-order chi connectivity index (χ0) is 15.1. The smallest absolute Gasteiger partial charge is 0.270 e. The maximum Gasteiger partial charge on any atom is 0.270 e. The Morgan fingerprint density at radius 1 is 1.24 bits per heavy atom. The van der Waals surface area contributed by atoms with Gasteiger partial charge in [-0.2, -0.15) is 5.26 Å². The molecule has 6 heteroatoms. The number of rotatable bonds is 6. The Labute approximate surface area is 126 Å². The normalized spacial score (nSPS) is 9.86. The van der Waals surface area contributed by atoms with Gasteiger partial charge in [-0.3, -0.25) is 10.1 Å². The van der Waals surface area contributed by atoms with E-state index in [1.165, 1.54) is 17.0 Å². The molecule has 0 bridgehead atoms. The van der Waals surface area contributed by atoms with Crippen LogP contribution in [-0.2, 0) is 0 Å². The number of nitro groups is 1. The molecule has 2 aromatic rings. The van der Waals surface area contributed by atoms with Crippen molar-refractivity contribution in [2.75, 3.05) is 17.6 Å². The first-order chi connectivity index (χ1) is 10.2. The van der Waals surface area contributed by atoms with Gasteiger partial charge < -0.3 is 5.32 Å². The predicted molar refractivity (Wildman–Crippen MR) is 83.5 cm³/mol. The minimum atomic E-state index is -0.504. The van der Waals surface area contributed by atoms with Crippen LogP contribution in [0, 0.1) is 21.4 Å². The molecule has 0 spiro atoms. The number of benzene rings is 2. The van der Waals surface area contributed by atoms with Crippen molar-refractivity contribution < 1.29 is 4.92 Å².